The average Bonchev–Trinajstić information content (AvgIpc) is 3.16. The van der Waals surface area contributed by atoms with Gasteiger partial charge in [-0.3, -0.25) is 0 Å². The summed E-state index contributed by atoms with van der Waals surface area (Å²) < 4.78 is 30.6. The third kappa shape index (κ3) is 3.43. The van der Waals surface area contributed by atoms with Crippen LogP contribution in [0.1, 0.15) is 43.9 Å². The Balaban J connectivity index is 1.62. The number of aryl methyl sites for hydroxylation is 1. The molecule has 2 aromatic heterocycles. The first-order chi connectivity index (χ1) is 15.7. The first-order valence-corrected chi connectivity index (χ1v) is 13.2. The van der Waals surface area contributed by atoms with Crippen molar-refractivity contribution in [3.8, 4) is 11.3 Å². The number of benzene rings is 3. The molecule has 0 radical (unpaired) electrons. The molecule has 0 atom stereocenters. The van der Waals surface area contributed by atoms with Crippen LogP contribution in [0.5, 0.6) is 0 Å². The number of hydrogen-bond acceptors (Lipinski definition) is 1. The summed E-state index contributed by atoms with van der Waals surface area (Å²) in [6.07, 6.45) is 2.19. The summed E-state index contributed by atoms with van der Waals surface area (Å²) in [5.74, 6) is -2.58. The molecule has 1 nitrogen and oxygen atoms in total. The maximum absolute atomic E-state index is 14.0. The van der Waals surface area contributed by atoms with E-state index in [0.717, 1.165) is 22.4 Å². The quantitative estimate of drug-likeness (QED) is 0.213. The number of fused-ring (bicyclic) bond motifs is 6. The van der Waals surface area contributed by atoms with Crippen LogP contribution < -0.4 is 0 Å². The Morgan fingerprint density at radius 3 is 2.52 bits per heavy atom. The predicted octanol–water partition coefficient (Wildman–Crippen LogP) is 7.69. The third-order valence-corrected chi connectivity index (χ3v) is 9.59. The molecule has 2 heterocycles. The van der Waals surface area contributed by atoms with Gasteiger partial charge in [-0.15, -0.1) is 0 Å². The number of halogens is 2. The van der Waals surface area contributed by atoms with Crippen LogP contribution in [0.2, 0.25) is 0 Å². The van der Waals surface area contributed by atoms with Crippen LogP contribution in [0, 0.1) is 0 Å². The molecule has 33 heavy (non-hydrogen) atoms. The van der Waals surface area contributed by atoms with E-state index in [1.165, 1.54) is 35.6 Å². The summed E-state index contributed by atoms with van der Waals surface area (Å²) in [5.41, 5.74) is 5.49. The molecule has 3 aromatic carbocycles. The molecule has 5 aromatic rings. The average molecular weight is 504 g/mol. The van der Waals surface area contributed by atoms with E-state index in [2.05, 4.69) is 69.3 Å². The Bertz CT molecular complexity index is 1560. The number of nitrogens with zero attached hydrogens (tertiary/aromatic N) is 1. The van der Waals surface area contributed by atoms with Crippen LogP contribution in [0.4, 0.5) is 8.78 Å². The van der Waals surface area contributed by atoms with Gasteiger partial charge < -0.3 is 0 Å². The van der Waals surface area contributed by atoms with Crippen molar-refractivity contribution >= 4 is 44.6 Å². The summed E-state index contributed by atoms with van der Waals surface area (Å²) in [5, 5.41) is 4.95. The zero-order valence-corrected chi connectivity index (χ0v) is 20.7. The molecule has 0 fully saturated rings. The Labute approximate surface area is 198 Å². The van der Waals surface area contributed by atoms with E-state index in [0.29, 0.717) is 6.42 Å². The van der Waals surface area contributed by atoms with Gasteiger partial charge in [0.2, 0.25) is 0 Å². The van der Waals surface area contributed by atoms with E-state index in [9.17, 15) is 8.78 Å². The Morgan fingerprint density at radius 1 is 0.909 bits per heavy atom. The molecule has 0 unspecified atom stereocenters. The van der Waals surface area contributed by atoms with Crippen LogP contribution >= 0.6 is 0 Å². The van der Waals surface area contributed by atoms with E-state index < -0.39 is 5.92 Å². The van der Waals surface area contributed by atoms with Crippen LogP contribution in [0.3, 0.4) is 0 Å². The normalized spacial score (nSPS) is 15.9. The van der Waals surface area contributed by atoms with Gasteiger partial charge in [0.15, 0.2) is 0 Å². The Kier molecular flexibility index (Phi) is 4.60. The molecule has 4 heteroatoms. The fourth-order valence-electron chi connectivity index (χ4n) is 5.25. The number of pyridine rings is 1. The van der Waals surface area contributed by atoms with Crippen molar-refractivity contribution in [3.63, 3.8) is 0 Å². The molecule has 6 rings (SSSR count). The topological polar surface area (TPSA) is 12.9 Å². The Morgan fingerprint density at radius 2 is 1.70 bits per heavy atom. The van der Waals surface area contributed by atoms with Crippen LogP contribution in [-0.2, 0) is 18.3 Å². The number of aromatic nitrogens is 1. The first kappa shape index (κ1) is 21.0. The molecule has 1 aliphatic carbocycles. The van der Waals surface area contributed by atoms with Gasteiger partial charge in [-0.25, -0.2) is 0 Å². The monoisotopic (exact) mass is 505 g/mol. The van der Waals surface area contributed by atoms with Gasteiger partial charge in [-0.1, -0.05) is 0 Å². The second kappa shape index (κ2) is 7.22. The number of alkyl halides is 2. The summed E-state index contributed by atoms with van der Waals surface area (Å²) in [4.78, 5) is 4.86. The minimum absolute atomic E-state index is 0.00593. The summed E-state index contributed by atoms with van der Waals surface area (Å²) in [7, 11) is 0. The molecule has 0 saturated heterocycles. The molecule has 0 spiro atoms. The van der Waals surface area contributed by atoms with Gasteiger partial charge in [-0.05, 0) is 0 Å². The van der Waals surface area contributed by atoms with Crippen molar-refractivity contribution in [3.05, 3.63) is 77.5 Å². The second-order valence-corrected chi connectivity index (χ2v) is 12.4. The molecule has 0 amide bonds. The first-order valence-electron chi connectivity index (χ1n) is 11.4. The van der Waals surface area contributed by atoms with Crippen molar-refractivity contribution in [1.82, 2.24) is 4.98 Å². The summed E-state index contributed by atoms with van der Waals surface area (Å²) >= 11 is 0.0553. The van der Waals surface area contributed by atoms with Gasteiger partial charge in [0.25, 0.3) is 0 Å². The molecular formula is C29H25F2NSe. The van der Waals surface area contributed by atoms with E-state index in [1.54, 1.807) is 0 Å². The van der Waals surface area contributed by atoms with E-state index >= 15 is 0 Å². The van der Waals surface area contributed by atoms with Crippen molar-refractivity contribution in [2.24, 2.45) is 0 Å². The van der Waals surface area contributed by atoms with Crippen molar-refractivity contribution in [2.45, 2.75) is 51.4 Å². The van der Waals surface area contributed by atoms with E-state index in [-0.39, 0.29) is 32.8 Å². The molecule has 166 valence electrons. The van der Waals surface area contributed by atoms with E-state index in [1.807, 2.05) is 12.3 Å². The fraction of sp³-hybridized carbons (Fsp3) is 0.276. The number of rotatable bonds is 1. The zero-order valence-electron chi connectivity index (χ0n) is 19.0. The predicted molar refractivity (Wildman–Crippen MR) is 135 cm³/mol. The molecule has 1 aliphatic rings. The van der Waals surface area contributed by atoms with E-state index in [4.69, 9.17) is 4.98 Å². The molecular weight excluding hydrogens is 479 g/mol. The summed E-state index contributed by atoms with van der Waals surface area (Å²) in [6.45, 7) is 6.76. The zero-order chi connectivity index (χ0) is 23.0. The summed E-state index contributed by atoms with van der Waals surface area (Å²) in [6, 6.07) is 19.2. The fourth-order valence-corrected chi connectivity index (χ4v) is 8.20. The Hall–Kier alpha value is -2.55. The van der Waals surface area contributed by atoms with Gasteiger partial charge in [0.05, 0.1) is 0 Å². The molecule has 0 bridgehead atoms. The minimum atomic E-state index is -2.58. The molecule has 0 aliphatic heterocycles. The maximum atomic E-state index is 14.0. The second-order valence-electron chi connectivity index (χ2n) is 10.2. The van der Waals surface area contributed by atoms with Gasteiger partial charge in [-0.2, -0.15) is 0 Å². The molecule has 0 saturated carbocycles. The van der Waals surface area contributed by atoms with Gasteiger partial charge in [0, 0.05) is 0 Å². The number of hydrogen-bond donors (Lipinski definition) is 0. The van der Waals surface area contributed by atoms with Crippen molar-refractivity contribution in [2.75, 3.05) is 0 Å². The van der Waals surface area contributed by atoms with Crippen LogP contribution in [0.25, 0.3) is 41.3 Å². The van der Waals surface area contributed by atoms with Crippen molar-refractivity contribution in [1.29, 1.82) is 0 Å². The SMILES string of the molecule is CC(C)(C)c1cc(-c2nccc3c2[se]c2c4c(ccc23)CC(F)(F)CC4)cc2ccccc12. The van der Waals surface area contributed by atoms with Crippen LogP contribution in [-0.4, -0.2) is 25.4 Å². The molecule has 0 N–H and O–H groups in total. The van der Waals surface area contributed by atoms with Crippen LogP contribution in [0.15, 0.2) is 60.8 Å². The van der Waals surface area contributed by atoms with Gasteiger partial charge >= 0.3 is 198 Å². The standard InChI is InChI=1S/C29H25F2NSe/c1-28(2,3)24-15-19(14-17-6-4-5-7-20(17)24)25-27-23(11-13-32-25)22-9-8-18-16-29(30,31)12-10-21(18)26(22)33-27/h4-9,11,13-15H,10,12,16H2,1-3H3. The van der Waals surface area contributed by atoms with Gasteiger partial charge in [0.1, 0.15) is 0 Å². The third-order valence-electron chi connectivity index (χ3n) is 6.89. The van der Waals surface area contributed by atoms with Crippen molar-refractivity contribution < 1.29 is 8.78 Å².